The van der Waals surface area contributed by atoms with Crippen LogP contribution in [0.2, 0.25) is 0 Å². The molecule has 0 aromatic carbocycles. The van der Waals surface area contributed by atoms with Crippen LogP contribution in [0.1, 0.15) is 25.5 Å². The van der Waals surface area contributed by atoms with Gasteiger partial charge in [-0.2, -0.15) is 0 Å². The standard InChI is InChI=1S/C10H16N2O/c1-2-3-7-13-10-6-4-5-9(8-11)12-10/h4-6H,2-3,7-8,11H2,1H3. The van der Waals surface area contributed by atoms with Gasteiger partial charge < -0.3 is 10.5 Å². The summed E-state index contributed by atoms with van der Waals surface area (Å²) in [7, 11) is 0. The Bertz CT molecular complexity index is 250. The van der Waals surface area contributed by atoms with Crippen molar-refractivity contribution in [2.45, 2.75) is 26.3 Å². The Kier molecular flexibility index (Phi) is 4.26. The fraction of sp³-hybridized carbons (Fsp3) is 0.500. The van der Waals surface area contributed by atoms with Crippen LogP contribution in [0.4, 0.5) is 0 Å². The lowest BCUT2D eigenvalue weighted by molar-refractivity contribution is 0.297. The van der Waals surface area contributed by atoms with Crippen LogP contribution in [0.5, 0.6) is 5.88 Å². The van der Waals surface area contributed by atoms with Crippen LogP contribution in [-0.2, 0) is 6.54 Å². The molecule has 1 aromatic heterocycles. The van der Waals surface area contributed by atoms with Gasteiger partial charge in [0, 0.05) is 12.6 Å². The Morgan fingerprint density at radius 2 is 2.31 bits per heavy atom. The van der Waals surface area contributed by atoms with Crippen molar-refractivity contribution in [1.29, 1.82) is 0 Å². The fourth-order valence-corrected chi connectivity index (χ4v) is 0.973. The van der Waals surface area contributed by atoms with E-state index in [-0.39, 0.29) is 0 Å². The smallest absolute Gasteiger partial charge is 0.213 e. The highest BCUT2D eigenvalue weighted by Crippen LogP contribution is 2.07. The van der Waals surface area contributed by atoms with Crippen molar-refractivity contribution in [1.82, 2.24) is 4.98 Å². The second kappa shape index (κ2) is 5.54. The molecule has 1 rings (SSSR count). The third-order valence-corrected chi connectivity index (χ3v) is 1.74. The Morgan fingerprint density at radius 3 is 3.00 bits per heavy atom. The van der Waals surface area contributed by atoms with Gasteiger partial charge in [0.15, 0.2) is 0 Å². The minimum atomic E-state index is 0.463. The molecular formula is C10H16N2O. The van der Waals surface area contributed by atoms with Gasteiger partial charge in [0.25, 0.3) is 0 Å². The zero-order valence-corrected chi connectivity index (χ0v) is 7.99. The summed E-state index contributed by atoms with van der Waals surface area (Å²) >= 11 is 0. The van der Waals surface area contributed by atoms with Crippen molar-refractivity contribution in [2.75, 3.05) is 6.61 Å². The van der Waals surface area contributed by atoms with Crippen molar-refractivity contribution in [3.8, 4) is 5.88 Å². The number of hydrogen-bond donors (Lipinski definition) is 1. The first kappa shape index (κ1) is 9.99. The molecule has 0 fully saturated rings. The third-order valence-electron chi connectivity index (χ3n) is 1.74. The van der Waals surface area contributed by atoms with Gasteiger partial charge >= 0.3 is 0 Å². The first-order valence-corrected chi connectivity index (χ1v) is 4.65. The third kappa shape index (κ3) is 3.42. The van der Waals surface area contributed by atoms with Crippen LogP contribution in [0.3, 0.4) is 0 Å². The average Bonchev–Trinajstić information content (AvgIpc) is 2.19. The number of ether oxygens (including phenoxy) is 1. The first-order valence-electron chi connectivity index (χ1n) is 4.65. The number of pyridine rings is 1. The van der Waals surface area contributed by atoms with E-state index in [1.807, 2.05) is 18.2 Å². The monoisotopic (exact) mass is 180 g/mol. The van der Waals surface area contributed by atoms with Crippen LogP contribution >= 0.6 is 0 Å². The highest BCUT2D eigenvalue weighted by atomic mass is 16.5. The zero-order valence-electron chi connectivity index (χ0n) is 7.99. The Morgan fingerprint density at radius 1 is 1.46 bits per heavy atom. The van der Waals surface area contributed by atoms with E-state index in [4.69, 9.17) is 10.5 Å². The maximum atomic E-state index is 5.46. The predicted molar refractivity (Wildman–Crippen MR) is 52.5 cm³/mol. The summed E-state index contributed by atoms with van der Waals surface area (Å²) in [6, 6.07) is 5.66. The molecule has 0 aliphatic rings. The highest BCUT2D eigenvalue weighted by Gasteiger charge is 1.95. The molecule has 0 amide bonds. The molecule has 1 heterocycles. The van der Waals surface area contributed by atoms with E-state index in [0.717, 1.165) is 25.1 Å². The molecule has 0 saturated heterocycles. The predicted octanol–water partition coefficient (Wildman–Crippen LogP) is 1.72. The largest absolute Gasteiger partial charge is 0.478 e. The summed E-state index contributed by atoms with van der Waals surface area (Å²) in [5, 5.41) is 0. The molecule has 0 radical (unpaired) electrons. The lowest BCUT2D eigenvalue weighted by atomic mass is 10.3. The van der Waals surface area contributed by atoms with Crippen molar-refractivity contribution >= 4 is 0 Å². The number of nitrogens with zero attached hydrogens (tertiary/aromatic N) is 1. The summed E-state index contributed by atoms with van der Waals surface area (Å²) in [5.41, 5.74) is 6.32. The summed E-state index contributed by atoms with van der Waals surface area (Å²) in [6.07, 6.45) is 2.20. The molecule has 0 bridgehead atoms. The van der Waals surface area contributed by atoms with Crippen LogP contribution < -0.4 is 10.5 Å². The highest BCUT2D eigenvalue weighted by molar-refractivity contribution is 5.15. The molecule has 2 N–H and O–H groups in total. The minimum Gasteiger partial charge on any atom is -0.478 e. The van der Waals surface area contributed by atoms with E-state index in [0.29, 0.717) is 12.4 Å². The van der Waals surface area contributed by atoms with E-state index in [9.17, 15) is 0 Å². The topological polar surface area (TPSA) is 48.1 Å². The average molecular weight is 180 g/mol. The van der Waals surface area contributed by atoms with E-state index in [1.165, 1.54) is 0 Å². The van der Waals surface area contributed by atoms with Crippen LogP contribution in [0.25, 0.3) is 0 Å². The quantitative estimate of drug-likeness (QED) is 0.702. The van der Waals surface area contributed by atoms with Crippen molar-refractivity contribution < 1.29 is 4.74 Å². The molecule has 0 saturated carbocycles. The van der Waals surface area contributed by atoms with Crippen molar-refractivity contribution in [3.05, 3.63) is 23.9 Å². The van der Waals surface area contributed by atoms with Gasteiger partial charge in [0.05, 0.1) is 12.3 Å². The van der Waals surface area contributed by atoms with E-state index < -0.39 is 0 Å². The maximum absolute atomic E-state index is 5.46. The molecule has 3 heteroatoms. The van der Waals surface area contributed by atoms with Crippen LogP contribution in [0.15, 0.2) is 18.2 Å². The molecule has 1 aromatic rings. The Balaban J connectivity index is 2.46. The molecule has 0 unspecified atom stereocenters. The number of nitrogens with two attached hydrogens (primary N) is 1. The Labute approximate surface area is 78.9 Å². The van der Waals surface area contributed by atoms with E-state index in [2.05, 4.69) is 11.9 Å². The van der Waals surface area contributed by atoms with Gasteiger partial charge in [-0.25, -0.2) is 4.98 Å². The van der Waals surface area contributed by atoms with E-state index >= 15 is 0 Å². The summed E-state index contributed by atoms with van der Waals surface area (Å²) in [6.45, 7) is 3.33. The number of unbranched alkanes of at least 4 members (excludes halogenated alkanes) is 1. The summed E-state index contributed by atoms with van der Waals surface area (Å²) in [4.78, 5) is 4.22. The number of aromatic nitrogens is 1. The second-order valence-electron chi connectivity index (χ2n) is 2.87. The first-order chi connectivity index (χ1) is 6.36. The maximum Gasteiger partial charge on any atom is 0.213 e. The molecule has 3 nitrogen and oxygen atoms in total. The minimum absolute atomic E-state index is 0.463. The molecule has 0 aliphatic carbocycles. The molecule has 0 atom stereocenters. The van der Waals surface area contributed by atoms with Gasteiger partial charge in [0.2, 0.25) is 5.88 Å². The second-order valence-corrected chi connectivity index (χ2v) is 2.87. The van der Waals surface area contributed by atoms with Crippen molar-refractivity contribution in [2.24, 2.45) is 5.73 Å². The van der Waals surface area contributed by atoms with Gasteiger partial charge in [-0.15, -0.1) is 0 Å². The van der Waals surface area contributed by atoms with Gasteiger partial charge in [-0.05, 0) is 12.5 Å². The molecule has 0 spiro atoms. The van der Waals surface area contributed by atoms with Crippen LogP contribution in [-0.4, -0.2) is 11.6 Å². The fourth-order valence-electron chi connectivity index (χ4n) is 0.973. The zero-order chi connectivity index (χ0) is 9.52. The van der Waals surface area contributed by atoms with E-state index in [1.54, 1.807) is 0 Å². The number of hydrogen-bond acceptors (Lipinski definition) is 3. The van der Waals surface area contributed by atoms with Gasteiger partial charge in [-0.1, -0.05) is 19.4 Å². The molecular weight excluding hydrogens is 164 g/mol. The normalized spacial score (nSPS) is 10.0. The Hall–Kier alpha value is -1.09. The lowest BCUT2D eigenvalue weighted by Gasteiger charge is -2.04. The molecule has 72 valence electrons. The molecule has 13 heavy (non-hydrogen) atoms. The van der Waals surface area contributed by atoms with Crippen LogP contribution in [0, 0.1) is 0 Å². The summed E-state index contributed by atoms with van der Waals surface area (Å²) in [5.74, 6) is 0.677. The SMILES string of the molecule is CCCCOc1cccc(CN)n1. The lowest BCUT2D eigenvalue weighted by Crippen LogP contribution is -2.03. The number of rotatable bonds is 5. The van der Waals surface area contributed by atoms with Gasteiger partial charge in [-0.3, -0.25) is 0 Å². The van der Waals surface area contributed by atoms with Gasteiger partial charge in [0.1, 0.15) is 0 Å². The summed E-state index contributed by atoms with van der Waals surface area (Å²) < 4.78 is 5.42. The molecule has 0 aliphatic heterocycles. The van der Waals surface area contributed by atoms with Crippen molar-refractivity contribution in [3.63, 3.8) is 0 Å².